The molecule has 0 aliphatic carbocycles. The summed E-state index contributed by atoms with van der Waals surface area (Å²) in [6, 6.07) is 6.01. The fourth-order valence-electron chi connectivity index (χ4n) is 2.56. The van der Waals surface area contributed by atoms with Gasteiger partial charge in [-0.15, -0.1) is 0 Å². The molecule has 21 heavy (non-hydrogen) atoms. The lowest BCUT2D eigenvalue weighted by molar-refractivity contribution is 0.0985. The summed E-state index contributed by atoms with van der Waals surface area (Å²) in [5.41, 5.74) is 10.8. The van der Waals surface area contributed by atoms with Gasteiger partial charge >= 0.3 is 0 Å². The molecule has 0 bridgehead atoms. The van der Waals surface area contributed by atoms with E-state index in [1.54, 1.807) is 23.7 Å². The minimum Gasteiger partial charge on any atom is -0.395 e. The number of nitrogens with two attached hydrogens (primary N) is 1. The highest BCUT2D eigenvalue weighted by molar-refractivity contribution is 6.08. The maximum absolute atomic E-state index is 12.7. The van der Waals surface area contributed by atoms with Crippen LogP contribution in [-0.2, 0) is 13.5 Å². The zero-order chi connectivity index (χ0) is 15.7. The Morgan fingerprint density at radius 2 is 2.05 bits per heavy atom. The van der Waals surface area contributed by atoms with Crippen molar-refractivity contribution in [3.8, 4) is 0 Å². The van der Waals surface area contributed by atoms with Gasteiger partial charge in [-0.3, -0.25) is 9.48 Å². The number of benzene rings is 1. The molecule has 0 saturated heterocycles. The minimum atomic E-state index is -0.144. The second kappa shape index (κ2) is 5.60. The predicted molar refractivity (Wildman–Crippen MR) is 85.6 cm³/mol. The first-order valence-corrected chi connectivity index (χ1v) is 7.03. The summed E-state index contributed by atoms with van der Waals surface area (Å²) in [5.74, 6) is -0.144. The number of nitrogen functional groups attached to an aromatic ring is 1. The summed E-state index contributed by atoms with van der Waals surface area (Å²) in [6.07, 6.45) is 0.709. The van der Waals surface area contributed by atoms with Crippen LogP contribution in [0.15, 0.2) is 18.2 Å². The second-order valence-corrected chi connectivity index (χ2v) is 5.34. The number of anilines is 2. The third kappa shape index (κ3) is 2.63. The second-order valence-electron chi connectivity index (χ2n) is 5.34. The molecule has 1 aromatic carbocycles. The molecule has 0 atom stereocenters. The molecule has 0 aliphatic rings. The molecule has 0 saturated carbocycles. The molecular weight excluding hydrogens is 264 g/mol. The normalized spacial score (nSPS) is 10.7. The van der Waals surface area contributed by atoms with Crippen LogP contribution in [0.25, 0.3) is 0 Å². The van der Waals surface area contributed by atoms with E-state index in [1.165, 1.54) is 5.56 Å². The molecule has 2 N–H and O–H groups in total. The number of hydrogen-bond acceptors (Lipinski definition) is 3. The molecule has 0 fully saturated rings. The molecule has 2 aromatic rings. The average molecular weight is 286 g/mol. The zero-order valence-electron chi connectivity index (χ0n) is 13.3. The molecule has 0 radical (unpaired) electrons. The summed E-state index contributed by atoms with van der Waals surface area (Å²) in [6.45, 7) is 6.00. The van der Waals surface area contributed by atoms with Gasteiger partial charge in [-0.2, -0.15) is 5.10 Å². The molecular formula is C16H22N4O. The lowest BCUT2D eigenvalue weighted by Crippen LogP contribution is -2.29. The van der Waals surface area contributed by atoms with Crippen LogP contribution in [0.3, 0.4) is 0 Å². The third-order valence-electron chi connectivity index (χ3n) is 3.72. The van der Waals surface area contributed by atoms with Gasteiger partial charge in [0.2, 0.25) is 0 Å². The summed E-state index contributed by atoms with van der Waals surface area (Å²) in [4.78, 5) is 14.4. The Kier molecular flexibility index (Phi) is 4.02. The Hall–Kier alpha value is -2.30. The highest BCUT2D eigenvalue weighted by Gasteiger charge is 2.23. The van der Waals surface area contributed by atoms with E-state index < -0.39 is 0 Å². The number of hydrogen-bond donors (Lipinski definition) is 1. The standard InChI is InChI=1S/C16H22N4O/c1-6-12-14(17)15(20(5)18-12)16(21)19(4)13-8-7-10(2)9-11(13)3/h7-9H,6,17H2,1-5H3. The van der Waals surface area contributed by atoms with E-state index in [9.17, 15) is 4.79 Å². The molecule has 5 nitrogen and oxygen atoms in total. The van der Waals surface area contributed by atoms with Crippen molar-refractivity contribution in [2.45, 2.75) is 27.2 Å². The van der Waals surface area contributed by atoms with Crippen LogP contribution < -0.4 is 10.6 Å². The Labute approximate surface area is 125 Å². The van der Waals surface area contributed by atoms with Crippen LogP contribution in [0.4, 0.5) is 11.4 Å². The number of carbonyl (C=O) groups is 1. The van der Waals surface area contributed by atoms with Crippen molar-refractivity contribution in [3.63, 3.8) is 0 Å². The molecule has 2 rings (SSSR count). The van der Waals surface area contributed by atoms with E-state index in [1.807, 2.05) is 32.9 Å². The number of amides is 1. The molecule has 0 unspecified atom stereocenters. The first-order chi connectivity index (χ1) is 9.86. The maximum atomic E-state index is 12.7. The van der Waals surface area contributed by atoms with E-state index >= 15 is 0 Å². The largest absolute Gasteiger partial charge is 0.395 e. The fraction of sp³-hybridized carbons (Fsp3) is 0.375. The Bertz CT molecular complexity index is 688. The van der Waals surface area contributed by atoms with Gasteiger partial charge in [-0.25, -0.2) is 0 Å². The number of nitrogens with zero attached hydrogens (tertiary/aromatic N) is 3. The van der Waals surface area contributed by atoms with Gasteiger partial charge in [0.1, 0.15) is 5.69 Å². The van der Waals surface area contributed by atoms with Gasteiger partial charge in [-0.1, -0.05) is 24.6 Å². The monoisotopic (exact) mass is 286 g/mol. The van der Waals surface area contributed by atoms with Crippen molar-refractivity contribution >= 4 is 17.3 Å². The fourth-order valence-corrected chi connectivity index (χ4v) is 2.56. The highest BCUT2D eigenvalue weighted by atomic mass is 16.2. The lowest BCUT2D eigenvalue weighted by atomic mass is 10.1. The van der Waals surface area contributed by atoms with E-state index in [2.05, 4.69) is 11.2 Å². The van der Waals surface area contributed by atoms with Crippen LogP contribution >= 0.6 is 0 Å². The number of aryl methyl sites for hydroxylation is 4. The summed E-state index contributed by atoms with van der Waals surface area (Å²) in [7, 11) is 3.51. The number of carbonyl (C=O) groups excluding carboxylic acids is 1. The van der Waals surface area contributed by atoms with Crippen LogP contribution in [0, 0.1) is 13.8 Å². The van der Waals surface area contributed by atoms with Crippen molar-refractivity contribution in [1.82, 2.24) is 9.78 Å². The Balaban J connectivity index is 2.42. The first kappa shape index (κ1) is 15.1. The van der Waals surface area contributed by atoms with E-state index in [-0.39, 0.29) is 5.91 Å². The Morgan fingerprint density at radius 3 is 2.57 bits per heavy atom. The van der Waals surface area contributed by atoms with E-state index in [4.69, 9.17) is 5.73 Å². The third-order valence-corrected chi connectivity index (χ3v) is 3.72. The minimum absolute atomic E-state index is 0.144. The van der Waals surface area contributed by atoms with Crippen molar-refractivity contribution in [2.75, 3.05) is 17.7 Å². The highest BCUT2D eigenvalue weighted by Crippen LogP contribution is 2.24. The zero-order valence-corrected chi connectivity index (χ0v) is 13.3. The van der Waals surface area contributed by atoms with Crippen LogP contribution in [0.1, 0.15) is 34.2 Å². The topological polar surface area (TPSA) is 64.2 Å². The molecule has 0 aliphatic heterocycles. The number of aromatic nitrogens is 2. The summed E-state index contributed by atoms with van der Waals surface area (Å²) >= 11 is 0. The molecule has 1 amide bonds. The van der Waals surface area contributed by atoms with Gasteiger partial charge < -0.3 is 10.6 Å². The van der Waals surface area contributed by atoms with Crippen LogP contribution in [0.5, 0.6) is 0 Å². The van der Waals surface area contributed by atoms with Crippen molar-refractivity contribution < 1.29 is 4.79 Å². The van der Waals surface area contributed by atoms with Crippen LogP contribution in [-0.4, -0.2) is 22.7 Å². The van der Waals surface area contributed by atoms with Gasteiger partial charge in [-0.05, 0) is 31.9 Å². The van der Waals surface area contributed by atoms with Gasteiger partial charge in [0.05, 0.1) is 11.4 Å². The predicted octanol–water partition coefficient (Wildman–Crippen LogP) is 2.46. The first-order valence-electron chi connectivity index (χ1n) is 7.03. The van der Waals surface area contributed by atoms with Crippen molar-refractivity contribution in [2.24, 2.45) is 7.05 Å². The van der Waals surface area contributed by atoms with Crippen molar-refractivity contribution in [1.29, 1.82) is 0 Å². The molecule has 0 spiro atoms. The molecule has 5 heteroatoms. The van der Waals surface area contributed by atoms with E-state index in [0.717, 1.165) is 16.9 Å². The quantitative estimate of drug-likeness (QED) is 0.942. The van der Waals surface area contributed by atoms with Gasteiger partial charge in [0.25, 0.3) is 5.91 Å². The molecule has 1 heterocycles. The maximum Gasteiger partial charge on any atom is 0.278 e. The average Bonchev–Trinajstić information content (AvgIpc) is 2.72. The van der Waals surface area contributed by atoms with Gasteiger partial charge in [0, 0.05) is 19.8 Å². The summed E-state index contributed by atoms with van der Waals surface area (Å²) in [5, 5.41) is 4.31. The Morgan fingerprint density at radius 1 is 1.38 bits per heavy atom. The van der Waals surface area contributed by atoms with Crippen molar-refractivity contribution in [3.05, 3.63) is 40.7 Å². The lowest BCUT2D eigenvalue weighted by Gasteiger charge is -2.20. The number of rotatable bonds is 3. The van der Waals surface area contributed by atoms with Crippen LogP contribution in [0.2, 0.25) is 0 Å². The SMILES string of the molecule is CCc1nn(C)c(C(=O)N(C)c2ccc(C)cc2C)c1N. The molecule has 1 aromatic heterocycles. The van der Waals surface area contributed by atoms with Gasteiger partial charge in [0.15, 0.2) is 0 Å². The summed E-state index contributed by atoms with van der Waals surface area (Å²) < 4.78 is 1.57. The molecule has 112 valence electrons. The van der Waals surface area contributed by atoms with E-state index in [0.29, 0.717) is 17.8 Å². The smallest absolute Gasteiger partial charge is 0.278 e.